The number of halogens is 1. The van der Waals surface area contributed by atoms with E-state index in [9.17, 15) is 27.7 Å². The SMILES string of the molecule is COc1ccc(F)cc1S(=O)(=O)N1CCCC(C(=O)Nc2cccc([N+](=O)[O-])c2)C1. The van der Waals surface area contributed by atoms with Crippen LogP contribution in [-0.4, -0.2) is 43.8 Å². The Labute approximate surface area is 172 Å². The number of carbonyl (C=O) groups excluding carboxylic acids is 1. The van der Waals surface area contributed by atoms with Crippen LogP contribution in [0.25, 0.3) is 0 Å². The first-order valence-corrected chi connectivity index (χ1v) is 10.6. The predicted octanol–water partition coefficient (Wildman–Crippen LogP) is 2.78. The van der Waals surface area contributed by atoms with Crippen LogP contribution in [0, 0.1) is 21.8 Å². The molecule has 1 amide bonds. The Balaban J connectivity index is 1.78. The average Bonchev–Trinajstić information content (AvgIpc) is 2.74. The largest absolute Gasteiger partial charge is 0.495 e. The molecule has 1 N–H and O–H groups in total. The van der Waals surface area contributed by atoms with E-state index in [1.807, 2.05) is 0 Å². The topological polar surface area (TPSA) is 119 Å². The molecule has 0 aliphatic carbocycles. The average molecular weight is 437 g/mol. The summed E-state index contributed by atoms with van der Waals surface area (Å²) in [5.74, 6) is -1.81. The predicted molar refractivity (Wildman–Crippen MR) is 106 cm³/mol. The van der Waals surface area contributed by atoms with Gasteiger partial charge in [-0.2, -0.15) is 4.31 Å². The molecule has 9 nitrogen and oxygen atoms in total. The van der Waals surface area contributed by atoms with Gasteiger partial charge in [-0.25, -0.2) is 12.8 Å². The van der Waals surface area contributed by atoms with Crippen molar-refractivity contribution in [3.05, 3.63) is 58.4 Å². The van der Waals surface area contributed by atoms with E-state index >= 15 is 0 Å². The van der Waals surface area contributed by atoms with Gasteiger partial charge in [-0.1, -0.05) is 6.07 Å². The highest BCUT2D eigenvalue weighted by Crippen LogP contribution is 2.31. The standard InChI is InChI=1S/C19H20FN3O6S/c1-29-17-8-7-14(20)10-18(17)30(27,28)22-9-3-4-13(12-22)19(24)21-15-5-2-6-16(11-15)23(25)26/h2,5-8,10-11,13H,3-4,9,12H2,1H3,(H,21,24). The lowest BCUT2D eigenvalue weighted by molar-refractivity contribution is -0.384. The van der Waals surface area contributed by atoms with Gasteiger partial charge in [0, 0.05) is 30.9 Å². The van der Waals surface area contributed by atoms with Gasteiger partial charge in [-0.15, -0.1) is 0 Å². The highest BCUT2D eigenvalue weighted by atomic mass is 32.2. The molecule has 1 heterocycles. The summed E-state index contributed by atoms with van der Waals surface area (Å²) < 4.78 is 45.9. The fourth-order valence-electron chi connectivity index (χ4n) is 3.31. The number of piperidine rings is 1. The molecule has 1 aliphatic rings. The summed E-state index contributed by atoms with van der Waals surface area (Å²) in [4.78, 5) is 22.7. The fraction of sp³-hybridized carbons (Fsp3) is 0.316. The van der Waals surface area contributed by atoms with Crippen molar-refractivity contribution in [2.45, 2.75) is 17.7 Å². The van der Waals surface area contributed by atoms with Crippen LogP contribution in [0.2, 0.25) is 0 Å². The number of non-ortho nitro benzene ring substituents is 1. The van der Waals surface area contributed by atoms with Gasteiger partial charge in [-0.3, -0.25) is 14.9 Å². The van der Waals surface area contributed by atoms with E-state index in [2.05, 4.69) is 5.32 Å². The zero-order chi connectivity index (χ0) is 21.9. The summed E-state index contributed by atoms with van der Waals surface area (Å²) >= 11 is 0. The van der Waals surface area contributed by atoms with Crippen molar-refractivity contribution in [2.75, 3.05) is 25.5 Å². The van der Waals surface area contributed by atoms with Crippen molar-refractivity contribution in [3.8, 4) is 5.75 Å². The Morgan fingerprint density at radius 2 is 2.07 bits per heavy atom. The first kappa shape index (κ1) is 21.7. The number of rotatable bonds is 6. The van der Waals surface area contributed by atoms with E-state index in [0.717, 1.165) is 16.4 Å². The molecule has 1 atom stereocenters. The van der Waals surface area contributed by atoms with E-state index in [4.69, 9.17) is 4.74 Å². The minimum Gasteiger partial charge on any atom is -0.495 e. The molecule has 1 unspecified atom stereocenters. The lowest BCUT2D eigenvalue weighted by atomic mass is 9.98. The second kappa shape index (κ2) is 8.76. The Morgan fingerprint density at radius 1 is 1.30 bits per heavy atom. The van der Waals surface area contributed by atoms with Gasteiger partial charge in [0.2, 0.25) is 15.9 Å². The number of hydrogen-bond donors (Lipinski definition) is 1. The zero-order valence-corrected chi connectivity index (χ0v) is 16.9. The number of carbonyl (C=O) groups is 1. The van der Waals surface area contributed by atoms with Gasteiger partial charge < -0.3 is 10.1 Å². The lowest BCUT2D eigenvalue weighted by Crippen LogP contribution is -2.43. The maximum atomic E-state index is 13.7. The van der Waals surface area contributed by atoms with E-state index in [0.29, 0.717) is 12.8 Å². The molecule has 160 valence electrons. The van der Waals surface area contributed by atoms with Crippen LogP contribution < -0.4 is 10.1 Å². The summed E-state index contributed by atoms with van der Waals surface area (Å²) in [5, 5.41) is 13.5. The molecule has 30 heavy (non-hydrogen) atoms. The van der Waals surface area contributed by atoms with Crippen LogP contribution >= 0.6 is 0 Å². The molecule has 0 bridgehead atoms. The Bertz CT molecular complexity index is 1080. The molecule has 0 aromatic heterocycles. The van der Waals surface area contributed by atoms with E-state index in [-0.39, 0.29) is 35.1 Å². The van der Waals surface area contributed by atoms with Crippen molar-refractivity contribution in [1.82, 2.24) is 4.31 Å². The van der Waals surface area contributed by atoms with Crippen molar-refractivity contribution in [2.24, 2.45) is 5.92 Å². The number of nitro groups is 1. The van der Waals surface area contributed by atoms with Gasteiger partial charge >= 0.3 is 0 Å². The summed E-state index contributed by atoms with van der Waals surface area (Å²) in [6.45, 7) is 0.0886. The molecule has 1 fully saturated rings. The number of benzene rings is 2. The Morgan fingerprint density at radius 3 is 2.77 bits per heavy atom. The van der Waals surface area contributed by atoms with Crippen LogP contribution in [0.4, 0.5) is 15.8 Å². The maximum Gasteiger partial charge on any atom is 0.271 e. The number of nitrogens with one attached hydrogen (secondary N) is 1. The summed E-state index contributed by atoms with van der Waals surface area (Å²) in [5.41, 5.74) is 0.0832. The molecule has 2 aromatic carbocycles. The highest BCUT2D eigenvalue weighted by Gasteiger charge is 2.35. The van der Waals surface area contributed by atoms with Gasteiger partial charge in [0.25, 0.3) is 5.69 Å². The normalized spacial score (nSPS) is 17.3. The number of amides is 1. The minimum absolute atomic E-state index is 0.0135. The van der Waals surface area contributed by atoms with Crippen molar-refractivity contribution in [1.29, 1.82) is 0 Å². The number of ether oxygens (including phenoxy) is 1. The molecule has 0 radical (unpaired) electrons. The maximum absolute atomic E-state index is 13.7. The second-order valence-corrected chi connectivity index (χ2v) is 8.70. The third-order valence-electron chi connectivity index (χ3n) is 4.82. The van der Waals surface area contributed by atoms with Crippen molar-refractivity contribution in [3.63, 3.8) is 0 Å². The van der Waals surface area contributed by atoms with Crippen LogP contribution in [0.15, 0.2) is 47.4 Å². The molecular formula is C19H20FN3O6S. The monoisotopic (exact) mass is 437 g/mol. The van der Waals surface area contributed by atoms with Gasteiger partial charge in [0.05, 0.1) is 18.0 Å². The van der Waals surface area contributed by atoms with Crippen LogP contribution in [0.1, 0.15) is 12.8 Å². The molecule has 11 heteroatoms. The number of hydrogen-bond acceptors (Lipinski definition) is 6. The first-order chi connectivity index (χ1) is 14.2. The second-order valence-electron chi connectivity index (χ2n) is 6.79. The summed E-state index contributed by atoms with van der Waals surface area (Å²) in [6.07, 6.45) is 0.886. The first-order valence-electron chi connectivity index (χ1n) is 9.11. The lowest BCUT2D eigenvalue weighted by Gasteiger charge is -2.31. The number of sulfonamides is 1. The summed E-state index contributed by atoms with van der Waals surface area (Å²) in [7, 11) is -2.80. The fourth-order valence-corrected chi connectivity index (χ4v) is 5.00. The molecular weight excluding hydrogens is 417 g/mol. The molecule has 3 rings (SSSR count). The number of nitrogens with zero attached hydrogens (tertiary/aromatic N) is 2. The van der Waals surface area contributed by atoms with Crippen molar-refractivity contribution >= 4 is 27.3 Å². The van der Waals surface area contributed by atoms with Crippen LogP contribution in [-0.2, 0) is 14.8 Å². The molecule has 0 spiro atoms. The number of anilines is 1. The molecule has 1 saturated heterocycles. The highest BCUT2D eigenvalue weighted by molar-refractivity contribution is 7.89. The van der Waals surface area contributed by atoms with Gasteiger partial charge in [-0.05, 0) is 37.1 Å². The zero-order valence-electron chi connectivity index (χ0n) is 16.1. The quantitative estimate of drug-likeness (QED) is 0.548. The van der Waals surface area contributed by atoms with E-state index in [1.165, 1.54) is 37.4 Å². The molecule has 0 saturated carbocycles. The number of methoxy groups -OCH3 is 1. The van der Waals surface area contributed by atoms with Crippen molar-refractivity contribution < 1.29 is 27.3 Å². The molecule has 1 aliphatic heterocycles. The van der Waals surface area contributed by atoms with Crippen LogP contribution in [0.3, 0.4) is 0 Å². The smallest absolute Gasteiger partial charge is 0.271 e. The van der Waals surface area contributed by atoms with E-state index in [1.54, 1.807) is 0 Å². The van der Waals surface area contributed by atoms with E-state index < -0.39 is 32.6 Å². The minimum atomic E-state index is -4.09. The Kier molecular flexibility index (Phi) is 6.32. The molecule has 2 aromatic rings. The Hall–Kier alpha value is -3.05. The van der Waals surface area contributed by atoms with Crippen LogP contribution in [0.5, 0.6) is 5.75 Å². The third kappa shape index (κ3) is 4.57. The summed E-state index contributed by atoms with van der Waals surface area (Å²) in [6, 6.07) is 8.72. The van der Waals surface area contributed by atoms with Gasteiger partial charge in [0.15, 0.2) is 0 Å². The third-order valence-corrected chi connectivity index (χ3v) is 6.71. The van der Waals surface area contributed by atoms with Gasteiger partial charge in [0.1, 0.15) is 16.5 Å². The number of nitro benzene ring substituents is 1.